The summed E-state index contributed by atoms with van der Waals surface area (Å²) in [5.41, 5.74) is 0. The molecule has 16 nitrogen and oxygen atoms in total. The highest BCUT2D eigenvalue weighted by atomic mass is 31.2. The summed E-state index contributed by atoms with van der Waals surface area (Å²) >= 11 is 0. The van der Waals surface area contributed by atoms with Crippen LogP contribution >= 0.6 is 15.6 Å². The highest BCUT2D eigenvalue weighted by molar-refractivity contribution is 7.47. The molecule has 0 aromatic rings. The summed E-state index contributed by atoms with van der Waals surface area (Å²) in [5, 5.41) is 20.5. The first-order chi connectivity index (χ1) is 43.2. The number of carbonyl (C=O) groups excluding carboxylic acids is 3. The summed E-state index contributed by atoms with van der Waals surface area (Å²) in [6.07, 6.45) is 72.6. The summed E-state index contributed by atoms with van der Waals surface area (Å²) < 4.78 is 60.8. The Morgan fingerprint density at radius 3 is 0.944 bits per heavy atom. The minimum absolute atomic E-state index is 0.101. The zero-order chi connectivity index (χ0) is 65.3. The van der Waals surface area contributed by atoms with Crippen LogP contribution < -0.4 is 0 Å². The van der Waals surface area contributed by atoms with E-state index in [0.29, 0.717) is 19.3 Å². The zero-order valence-corrected chi connectivity index (χ0v) is 56.8. The van der Waals surface area contributed by atoms with Crippen LogP contribution in [0.4, 0.5) is 0 Å². The van der Waals surface area contributed by atoms with E-state index >= 15 is 0 Å². The van der Waals surface area contributed by atoms with Crippen molar-refractivity contribution < 1.29 is 75.8 Å². The lowest BCUT2D eigenvalue weighted by Crippen LogP contribution is -2.30. The van der Waals surface area contributed by atoms with Gasteiger partial charge >= 0.3 is 33.6 Å². The second-order valence-corrected chi connectivity index (χ2v) is 25.1. The van der Waals surface area contributed by atoms with E-state index in [2.05, 4.69) is 142 Å². The van der Waals surface area contributed by atoms with Gasteiger partial charge in [-0.2, -0.15) is 0 Å². The van der Waals surface area contributed by atoms with Gasteiger partial charge in [-0.25, -0.2) is 9.13 Å². The van der Waals surface area contributed by atoms with Crippen molar-refractivity contribution in [2.75, 3.05) is 39.6 Å². The number of ether oxygens (including phenoxy) is 3. The van der Waals surface area contributed by atoms with Crippen LogP contribution in [-0.4, -0.2) is 95.9 Å². The van der Waals surface area contributed by atoms with Crippen molar-refractivity contribution in [3.8, 4) is 0 Å². The molecule has 0 aliphatic carbocycles. The number of carbonyl (C=O) groups is 3. The Labute approximate surface area is 538 Å². The third-order valence-electron chi connectivity index (χ3n) is 13.7. The second-order valence-electron chi connectivity index (χ2n) is 22.2. The Bertz CT molecular complexity index is 2110. The fourth-order valence-electron chi connectivity index (χ4n) is 8.56. The standard InChI is InChI=1S/C71H120O16P2/c1-4-7-10-13-16-19-22-24-26-28-30-31-32-33-35-37-38-40-43-45-48-51-54-57-69(74)81-60-66(72)61-83-88(77,78)84-62-67(73)63-85-89(79,80)86-65-68(87-71(76)59-56-53-50-47-42-21-18-15-12-9-6-3)64-82-70(75)58-55-52-49-46-44-41-39-36-34-29-27-25-23-20-17-14-11-8-5-2/h7-8,10-11,16-17,19-20,24-27,30-31,33-36,38,40,66-68,72-73H,4-6,9,12-15,18,21-23,28-29,32,37,39,41-65H2,1-3H3,(H,77,78)(H,79,80)/b10-7-,11-8-,19-16-,20-17-,26-24-,27-25-,31-30-,35-33-,36-34-,40-38-. The van der Waals surface area contributed by atoms with Crippen molar-refractivity contribution in [3.05, 3.63) is 122 Å². The molecule has 0 amide bonds. The van der Waals surface area contributed by atoms with Crippen molar-refractivity contribution in [1.82, 2.24) is 0 Å². The minimum Gasteiger partial charge on any atom is -0.463 e. The van der Waals surface area contributed by atoms with Crippen molar-refractivity contribution in [2.45, 2.75) is 270 Å². The first-order valence-corrected chi connectivity index (χ1v) is 36.8. The van der Waals surface area contributed by atoms with Crippen molar-refractivity contribution in [3.63, 3.8) is 0 Å². The summed E-state index contributed by atoms with van der Waals surface area (Å²) in [6.45, 7) is 2.37. The highest BCUT2D eigenvalue weighted by Crippen LogP contribution is 2.45. The lowest BCUT2D eigenvalue weighted by molar-refractivity contribution is -0.161. The molecule has 0 aliphatic heterocycles. The number of phosphoric acid groups is 2. The lowest BCUT2D eigenvalue weighted by Gasteiger charge is -2.21. The van der Waals surface area contributed by atoms with Crippen LogP contribution in [0.25, 0.3) is 0 Å². The fourth-order valence-corrected chi connectivity index (χ4v) is 10.1. The SMILES string of the molecule is CC/C=C\C/C=C\C/C=C\C/C=C\C/C=C\C/C=C\CCCCCCC(=O)OCC(O)COP(=O)(O)OCC(O)COP(=O)(O)OCC(COC(=O)CCCCCCCC/C=C\C/C=C\C/C=C\C/C=C\CC)OC(=O)CCCCCCCCCCCCC. The molecule has 5 atom stereocenters. The molecule has 0 aliphatic rings. The van der Waals surface area contributed by atoms with Gasteiger partial charge in [-0.15, -0.1) is 0 Å². The predicted molar refractivity (Wildman–Crippen MR) is 362 cm³/mol. The van der Waals surface area contributed by atoms with Crippen LogP contribution in [0.2, 0.25) is 0 Å². The average Bonchev–Trinajstić information content (AvgIpc) is 3.54. The molecular weight excluding hydrogens is 1170 g/mol. The van der Waals surface area contributed by atoms with Crippen LogP contribution in [0.15, 0.2) is 122 Å². The molecule has 5 unspecified atom stereocenters. The first-order valence-electron chi connectivity index (χ1n) is 33.8. The lowest BCUT2D eigenvalue weighted by atomic mass is 10.1. The molecule has 0 bridgehead atoms. The average molecular weight is 1290 g/mol. The van der Waals surface area contributed by atoms with Gasteiger partial charge in [-0.05, 0) is 109 Å². The molecule has 0 aromatic heterocycles. The van der Waals surface area contributed by atoms with Crippen molar-refractivity contribution in [1.29, 1.82) is 0 Å². The Morgan fingerprint density at radius 2 is 0.596 bits per heavy atom. The third-order valence-corrected chi connectivity index (χ3v) is 15.6. The summed E-state index contributed by atoms with van der Waals surface area (Å²) in [4.78, 5) is 58.3. The molecular formula is C71H120O16P2. The van der Waals surface area contributed by atoms with Gasteiger partial charge in [-0.3, -0.25) is 32.5 Å². The van der Waals surface area contributed by atoms with Gasteiger partial charge in [0.05, 0.1) is 26.4 Å². The molecule has 0 spiro atoms. The van der Waals surface area contributed by atoms with Crippen molar-refractivity contribution >= 4 is 33.6 Å². The largest absolute Gasteiger partial charge is 0.472 e. The van der Waals surface area contributed by atoms with E-state index in [9.17, 15) is 43.5 Å². The van der Waals surface area contributed by atoms with Crippen LogP contribution in [-0.2, 0) is 55.8 Å². The summed E-state index contributed by atoms with van der Waals surface area (Å²) in [7, 11) is -9.78. The molecule has 0 rings (SSSR count). The predicted octanol–water partition coefficient (Wildman–Crippen LogP) is 18.6. The molecule has 0 saturated heterocycles. The van der Waals surface area contributed by atoms with Crippen LogP contribution in [0.3, 0.4) is 0 Å². The summed E-state index contributed by atoms with van der Waals surface area (Å²) in [6, 6.07) is 0. The number of hydrogen-bond acceptors (Lipinski definition) is 14. The minimum atomic E-state index is -4.93. The maximum Gasteiger partial charge on any atom is 0.472 e. The van der Waals surface area contributed by atoms with Crippen LogP contribution in [0, 0.1) is 0 Å². The Hall–Kier alpha value is -4.05. The maximum absolute atomic E-state index is 12.9. The number of phosphoric ester groups is 2. The molecule has 4 N–H and O–H groups in total. The van der Waals surface area contributed by atoms with Gasteiger partial charge < -0.3 is 34.2 Å². The Kier molecular flexibility index (Phi) is 61.2. The molecule has 18 heteroatoms. The third kappa shape index (κ3) is 65.3. The van der Waals surface area contributed by atoms with Crippen LogP contribution in [0.5, 0.6) is 0 Å². The van der Waals surface area contributed by atoms with E-state index < -0.39 is 91.5 Å². The summed E-state index contributed by atoms with van der Waals surface area (Å²) in [5.74, 6) is -1.62. The topological polar surface area (TPSA) is 231 Å². The normalized spacial score (nSPS) is 15.0. The second kappa shape index (κ2) is 64.1. The number of esters is 3. The van der Waals surface area contributed by atoms with E-state index in [1.54, 1.807) is 0 Å². The van der Waals surface area contributed by atoms with E-state index in [0.717, 1.165) is 154 Å². The van der Waals surface area contributed by atoms with Gasteiger partial charge in [-0.1, -0.05) is 245 Å². The number of allylic oxidation sites excluding steroid dienone is 20. The van der Waals surface area contributed by atoms with Gasteiger partial charge in [0.15, 0.2) is 6.10 Å². The quantitative estimate of drug-likeness (QED) is 0.0146. The fraction of sp³-hybridized carbons (Fsp3) is 0.676. The van der Waals surface area contributed by atoms with E-state index in [1.807, 2.05) is 0 Å². The number of hydrogen-bond donors (Lipinski definition) is 4. The van der Waals surface area contributed by atoms with Crippen LogP contribution in [0.1, 0.15) is 252 Å². The maximum atomic E-state index is 12.9. The van der Waals surface area contributed by atoms with Gasteiger partial charge in [0.2, 0.25) is 0 Å². The van der Waals surface area contributed by atoms with Crippen molar-refractivity contribution in [2.24, 2.45) is 0 Å². The monoisotopic (exact) mass is 1290 g/mol. The molecule has 0 fully saturated rings. The van der Waals surface area contributed by atoms with E-state index in [4.69, 9.17) is 32.3 Å². The van der Waals surface area contributed by atoms with Gasteiger partial charge in [0, 0.05) is 19.3 Å². The number of aliphatic hydroxyl groups is 2. The van der Waals surface area contributed by atoms with Gasteiger partial charge in [0.1, 0.15) is 25.4 Å². The molecule has 0 heterocycles. The number of rotatable bonds is 63. The number of aliphatic hydroxyl groups excluding tert-OH is 2. The molecule has 89 heavy (non-hydrogen) atoms. The molecule has 0 saturated carbocycles. The molecule has 0 radical (unpaired) electrons. The smallest absolute Gasteiger partial charge is 0.463 e. The Morgan fingerprint density at radius 1 is 0.326 bits per heavy atom. The highest BCUT2D eigenvalue weighted by Gasteiger charge is 2.29. The molecule has 0 aromatic carbocycles. The first kappa shape index (κ1) is 85.0. The van der Waals surface area contributed by atoms with E-state index in [-0.39, 0.29) is 19.3 Å². The van der Waals surface area contributed by atoms with E-state index in [1.165, 1.54) is 38.5 Å². The number of unbranched alkanes of at least 4 members (excludes halogenated alkanes) is 20. The van der Waals surface area contributed by atoms with Gasteiger partial charge in [0.25, 0.3) is 0 Å². The Balaban J connectivity index is 4.61. The molecule has 510 valence electrons. The zero-order valence-electron chi connectivity index (χ0n) is 55.1.